The van der Waals surface area contributed by atoms with Crippen LogP contribution in [0.2, 0.25) is 0 Å². The molecule has 0 bridgehead atoms. The van der Waals surface area contributed by atoms with Crippen molar-refractivity contribution in [1.29, 1.82) is 0 Å². The van der Waals surface area contributed by atoms with Crippen molar-refractivity contribution in [2.24, 2.45) is 0 Å². The van der Waals surface area contributed by atoms with Gasteiger partial charge in [-0.25, -0.2) is 26.9 Å². The summed E-state index contributed by atoms with van der Waals surface area (Å²) in [6, 6.07) is 66.3. The van der Waals surface area contributed by atoms with Crippen molar-refractivity contribution >= 4 is 44.6 Å². The minimum atomic E-state index is -2.23. The maximum absolute atomic E-state index is 16.1. The molecule has 0 aliphatic carbocycles. The number of nitrogens with zero attached hydrogens (tertiary/aromatic N) is 4. The van der Waals surface area contributed by atoms with Crippen LogP contribution in [-0.2, 0) is 31.9 Å². The monoisotopic (exact) mass is 1230 g/mol. The summed E-state index contributed by atoms with van der Waals surface area (Å²) < 4.78 is 86.3. The number of hydrogen-bond donors (Lipinski definition) is 0. The third-order valence-electron chi connectivity index (χ3n) is 14.4. The maximum Gasteiger partial charge on any atom is 0.200 e. The molecule has 0 spiro atoms. The molecule has 3 heterocycles. The van der Waals surface area contributed by atoms with Crippen LogP contribution in [0, 0.1) is 47.9 Å². The fourth-order valence-electron chi connectivity index (χ4n) is 10.7. The molecule has 0 amide bonds. The van der Waals surface area contributed by atoms with Gasteiger partial charge in [0.2, 0.25) is 5.82 Å². The summed E-state index contributed by atoms with van der Waals surface area (Å²) in [7, 11) is 0. The second-order valence-electron chi connectivity index (χ2n) is 21.5. The Bertz CT molecular complexity index is 4060. The number of anilines is 4. The first-order chi connectivity index (χ1) is 37.5. The fourth-order valence-corrected chi connectivity index (χ4v) is 10.7. The normalized spacial score (nSPS) is 12.5. The van der Waals surface area contributed by atoms with Crippen molar-refractivity contribution in [3.8, 4) is 61.8 Å². The number of ether oxygens (including phenoxy) is 1. The summed E-state index contributed by atoms with van der Waals surface area (Å²) in [6.07, 6.45) is 1.84. The molecule has 0 atom stereocenters. The molecule has 0 N–H and O–H groups in total. The van der Waals surface area contributed by atoms with Crippen molar-refractivity contribution in [3.05, 3.63) is 247 Å². The van der Waals surface area contributed by atoms with Crippen molar-refractivity contribution in [2.45, 2.75) is 52.4 Å². The van der Waals surface area contributed by atoms with E-state index in [1.807, 2.05) is 141 Å². The Morgan fingerprint density at radius 3 is 1.71 bits per heavy atom. The summed E-state index contributed by atoms with van der Waals surface area (Å²) in [5, 5.41) is 2.00. The van der Waals surface area contributed by atoms with E-state index in [0.29, 0.717) is 34.1 Å². The molecule has 11 aromatic rings. The molecule has 0 unspecified atom stereocenters. The van der Waals surface area contributed by atoms with Crippen LogP contribution in [0.1, 0.15) is 52.7 Å². The van der Waals surface area contributed by atoms with Crippen molar-refractivity contribution in [1.82, 2.24) is 9.55 Å². The van der Waals surface area contributed by atoms with E-state index in [4.69, 9.17) is 9.72 Å². The molecular formula is C68H50F5N4OPt-3. The van der Waals surface area contributed by atoms with Gasteiger partial charge >= 0.3 is 0 Å². The number of halogens is 5. The van der Waals surface area contributed by atoms with Crippen LogP contribution < -0.4 is 14.5 Å². The van der Waals surface area contributed by atoms with E-state index in [-0.39, 0.29) is 37.7 Å². The van der Waals surface area contributed by atoms with Crippen LogP contribution in [0.15, 0.2) is 188 Å². The summed E-state index contributed by atoms with van der Waals surface area (Å²) in [5.74, 6) is -8.65. The molecule has 2 aromatic heterocycles. The average molecular weight is 1230 g/mol. The summed E-state index contributed by atoms with van der Waals surface area (Å²) in [4.78, 5) is 8.53. The van der Waals surface area contributed by atoms with Gasteiger partial charge in [0.25, 0.3) is 0 Å². The van der Waals surface area contributed by atoms with Gasteiger partial charge in [0.1, 0.15) is 5.82 Å². The minimum absolute atomic E-state index is 0. The number of fused-ring (bicyclic) bond motifs is 4. The van der Waals surface area contributed by atoms with E-state index in [9.17, 15) is 4.39 Å². The molecule has 396 valence electrons. The third kappa shape index (κ3) is 9.35. The Morgan fingerprint density at radius 1 is 0.481 bits per heavy atom. The number of hydrogen-bond acceptors (Lipinski definition) is 4. The SMILES string of the molecule is CC(C)(C)c1ccnc(-n2c3[c-]c(Oc4[c-]c(N5[CH-]N(c6c(-c7c(F)c(F)c(F)c(F)c7F)cccc6C(C)(C)C)c6ccccc65)cc(-c5c(-c6ccccc6)cccc5-c5ccccc5)c4)ccc3c3ccccc32)c1.[Pt]. The molecular weight excluding hydrogens is 1180 g/mol. The summed E-state index contributed by atoms with van der Waals surface area (Å²) in [6.45, 7) is 14.1. The van der Waals surface area contributed by atoms with Gasteiger partial charge in [-0.1, -0.05) is 174 Å². The smallest absolute Gasteiger partial charge is 0.200 e. The Hall–Kier alpha value is -8.33. The predicted octanol–water partition coefficient (Wildman–Crippen LogP) is 18.9. The van der Waals surface area contributed by atoms with Crippen LogP contribution in [0.25, 0.3) is 72.1 Å². The zero-order valence-corrected chi connectivity index (χ0v) is 46.2. The number of benzene rings is 9. The largest absolute Gasteiger partial charge is 0.509 e. The summed E-state index contributed by atoms with van der Waals surface area (Å²) in [5.41, 5.74) is 8.96. The molecule has 0 radical (unpaired) electrons. The summed E-state index contributed by atoms with van der Waals surface area (Å²) >= 11 is 0. The van der Waals surface area contributed by atoms with Gasteiger partial charge in [-0.2, -0.15) is 6.07 Å². The van der Waals surface area contributed by atoms with Gasteiger partial charge in [0.15, 0.2) is 23.3 Å². The second kappa shape index (κ2) is 20.5. The van der Waals surface area contributed by atoms with Gasteiger partial charge in [0, 0.05) is 66.9 Å². The van der Waals surface area contributed by atoms with Crippen molar-refractivity contribution in [2.75, 3.05) is 9.80 Å². The maximum atomic E-state index is 16.1. The molecule has 0 fully saturated rings. The van der Waals surface area contributed by atoms with E-state index in [2.05, 4.69) is 92.1 Å². The van der Waals surface area contributed by atoms with E-state index in [1.54, 1.807) is 23.7 Å². The Balaban J connectivity index is 0.00000660. The molecule has 11 heteroatoms. The van der Waals surface area contributed by atoms with Crippen LogP contribution in [0.4, 0.5) is 44.7 Å². The molecule has 0 saturated heterocycles. The van der Waals surface area contributed by atoms with Gasteiger partial charge in [0.05, 0.1) is 5.56 Å². The number of aromatic nitrogens is 2. The molecule has 1 aliphatic heterocycles. The van der Waals surface area contributed by atoms with Crippen LogP contribution >= 0.6 is 0 Å². The Labute approximate surface area is 470 Å². The van der Waals surface area contributed by atoms with Gasteiger partial charge in [-0.3, -0.25) is 0 Å². The van der Waals surface area contributed by atoms with E-state index >= 15 is 17.6 Å². The Morgan fingerprint density at radius 2 is 1.06 bits per heavy atom. The first kappa shape index (κ1) is 52.7. The number of pyridine rings is 1. The third-order valence-corrected chi connectivity index (χ3v) is 14.4. The zero-order chi connectivity index (χ0) is 54.2. The standard InChI is InChI=1S/C68H50F5N4O.Pt/c1-67(2,3)44-33-34-74-58(37-44)77-54-28-14-13-23-50(54)51-32-31-46(39-57(51)77)78-47-36-43(59-48(41-19-9-7-10-20-41)24-17-25-49(59)42-21-11-8-12-22-42)35-45(38-47)75-40-76(56-30-16-15-29-55(56)75)66-52(26-18-27-53(66)68(4,5)6)60-61(69)63(71)65(73)64(72)62(60)70;/h7-37,40H,1-6H3;/q-3;. The quantitative estimate of drug-likeness (QED) is 0.0624. The molecule has 1 aliphatic rings. The second-order valence-corrected chi connectivity index (χ2v) is 21.5. The van der Waals surface area contributed by atoms with Crippen molar-refractivity contribution in [3.63, 3.8) is 0 Å². The van der Waals surface area contributed by atoms with Crippen molar-refractivity contribution < 1.29 is 47.8 Å². The topological polar surface area (TPSA) is 33.5 Å². The first-order valence-electron chi connectivity index (χ1n) is 25.6. The van der Waals surface area contributed by atoms with Gasteiger partial charge < -0.3 is 19.1 Å². The fraction of sp³-hybridized carbons (Fsp3) is 0.118. The minimum Gasteiger partial charge on any atom is -0.509 e. The number of rotatable bonds is 9. The van der Waals surface area contributed by atoms with Crippen LogP contribution in [0.3, 0.4) is 0 Å². The van der Waals surface area contributed by atoms with Crippen LogP contribution in [0.5, 0.6) is 11.5 Å². The molecule has 0 saturated carbocycles. The van der Waals surface area contributed by atoms with Crippen LogP contribution in [-0.4, -0.2) is 9.55 Å². The van der Waals surface area contributed by atoms with E-state index in [0.717, 1.165) is 66.6 Å². The Kier molecular flexibility index (Phi) is 13.7. The van der Waals surface area contributed by atoms with Gasteiger partial charge in [-0.05, 0) is 85.5 Å². The van der Waals surface area contributed by atoms with Gasteiger partial charge in [-0.15, -0.1) is 53.6 Å². The first-order valence-corrected chi connectivity index (χ1v) is 25.6. The molecule has 5 nitrogen and oxygen atoms in total. The van der Waals surface area contributed by atoms with E-state index in [1.165, 1.54) is 6.07 Å². The van der Waals surface area contributed by atoms with E-state index < -0.39 is 40.1 Å². The molecule has 9 aromatic carbocycles. The molecule has 12 rings (SSSR count). The average Bonchev–Trinajstić information content (AvgIpc) is 4.24. The number of para-hydroxylation sites is 4. The molecule has 79 heavy (non-hydrogen) atoms. The zero-order valence-electron chi connectivity index (χ0n) is 43.9. The predicted molar refractivity (Wildman–Crippen MR) is 303 cm³/mol.